The predicted molar refractivity (Wildman–Crippen MR) is 130 cm³/mol. The SMILES string of the molecule is COc1ccc(N2CCN(c3cc(C(=O)NCCSC)c4ccccc4n3)CC2)cc1. The summed E-state index contributed by atoms with van der Waals surface area (Å²) in [5.74, 6) is 2.59. The number of pyridine rings is 1. The van der Waals surface area contributed by atoms with Gasteiger partial charge in [-0.3, -0.25) is 4.79 Å². The summed E-state index contributed by atoms with van der Waals surface area (Å²) in [5.41, 5.74) is 2.74. The zero-order valence-corrected chi connectivity index (χ0v) is 18.8. The number of amides is 1. The van der Waals surface area contributed by atoms with Gasteiger partial charge >= 0.3 is 0 Å². The number of nitrogens with zero attached hydrogens (tertiary/aromatic N) is 3. The Hall–Kier alpha value is -2.93. The van der Waals surface area contributed by atoms with Crippen LogP contribution in [-0.2, 0) is 0 Å². The van der Waals surface area contributed by atoms with Crippen molar-refractivity contribution in [3.05, 3.63) is 60.2 Å². The van der Waals surface area contributed by atoms with E-state index in [2.05, 4.69) is 27.2 Å². The van der Waals surface area contributed by atoms with Gasteiger partial charge in [0.05, 0.1) is 18.2 Å². The number of para-hydroxylation sites is 1. The Morgan fingerprint density at radius 2 is 1.77 bits per heavy atom. The smallest absolute Gasteiger partial charge is 0.252 e. The summed E-state index contributed by atoms with van der Waals surface area (Å²) in [4.78, 5) is 22.4. The van der Waals surface area contributed by atoms with E-state index in [0.29, 0.717) is 12.1 Å². The Kier molecular flexibility index (Phi) is 6.82. The minimum atomic E-state index is -0.0363. The number of fused-ring (bicyclic) bond motifs is 1. The van der Waals surface area contributed by atoms with Crippen molar-refractivity contribution < 1.29 is 9.53 Å². The number of methoxy groups -OCH3 is 1. The van der Waals surface area contributed by atoms with Gasteiger partial charge < -0.3 is 19.9 Å². The average molecular weight is 437 g/mol. The largest absolute Gasteiger partial charge is 0.497 e. The van der Waals surface area contributed by atoms with Crippen LogP contribution in [-0.4, -0.2) is 62.7 Å². The van der Waals surface area contributed by atoms with Crippen molar-refractivity contribution in [2.75, 3.05) is 61.6 Å². The standard InChI is InChI=1S/C24H28N4O2S/c1-30-19-9-7-18(8-10-19)27-12-14-28(15-13-27)23-17-21(24(29)25-11-16-31-2)20-5-3-4-6-22(20)26-23/h3-10,17H,11-16H2,1-2H3,(H,25,29). The van der Waals surface area contributed by atoms with Crippen LogP contribution in [0, 0.1) is 0 Å². The summed E-state index contributed by atoms with van der Waals surface area (Å²) in [7, 11) is 1.68. The Labute approximate surface area is 187 Å². The topological polar surface area (TPSA) is 57.7 Å². The van der Waals surface area contributed by atoms with Gasteiger partial charge in [-0.25, -0.2) is 4.98 Å². The number of hydrogen-bond acceptors (Lipinski definition) is 6. The van der Waals surface area contributed by atoms with Crippen molar-refractivity contribution >= 4 is 40.1 Å². The molecule has 4 rings (SSSR count). The van der Waals surface area contributed by atoms with E-state index in [1.165, 1.54) is 5.69 Å². The fraction of sp³-hybridized carbons (Fsp3) is 0.333. The summed E-state index contributed by atoms with van der Waals surface area (Å²) >= 11 is 1.72. The summed E-state index contributed by atoms with van der Waals surface area (Å²) in [6, 6.07) is 18.0. The lowest BCUT2D eigenvalue weighted by molar-refractivity contribution is 0.0958. The molecule has 1 aliphatic rings. The molecule has 2 aromatic carbocycles. The summed E-state index contributed by atoms with van der Waals surface area (Å²) in [6.45, 7) is 4.16. The normalized spacial score (nSPS) is 14.0. The summed E-state index contributed by atoms with van der Waals surface area (Å²) in [6.07, 6.45) is 2.04. The van der Waals surface area contributed by atoms with Crippen LogP contribution in [0.15, 0.2) is 54.6 Å². The van der Waals surface area contributed by atoms with E-state index >= 15 is 0 Å². The zero-order chi connectivity index (χ0) is 21.6. The summed E-state index contributed by atoms with van der Waals surface area (Å²) in [5, 5.41) is 3.93. The molecule has 1 saturated heterocycles. The number of carbonyl (C=O) groups is 1. The molecule has 1 aliphatic heterocycles. The quantitative estimate of drug-likeness (QED) is 0.571. The van der Waals surface area contributed by atoms with Crippen LogP contribution in [0.2, 0.25) is 0 Å². The number of hydrogen-bond donors (Lipinski definition) is 1. The first-order valence-electron chi connectivity index (χ1n) is 10.5. The number of ether oxygens (including phenoxy) is 1. The molecule has 2 heterocycles. The monoisotopic (exact) mass is 436 g/mol. The molecule has 3 aromatic rings. The van der Waals surface area contributed by atoms with Crippen LogP contribution in [0.5, 0.6) is 5.75 Å². The van der Waals surface area contributed by atoms with Crippen LogP contribution in [0.25, 0.3) is 10.9 Å². The number of rotatable bonds is 7. The second-order valence-corrected chi connectivity index (χ2v) is 8.45. The molecule has 162 valence electrons. The van der Waals surface area contributed by atoms with Gasteiger partial charge in [0.2, 0.25) is 0 Å². The third kappa shape index (κ3) is 4.88. The molecule has 0 unspecified atom stereocenters. The Bertz CT molecular complexity index is 1030. The number of benzene rings is 2. The fourth-order valence-electron chi connectivity index (χ4n) is 3.86. The number of nitrogens with one attached hydrogen (secondary N) is 1. The van der Waals surface area contributed by atoms with Crippen molar-refractivity contribution in [2.45, 2.75) is 0 Å². The van der Waals surface area contributed by atoms with E-state index in [-0.39, 0.29) is 5.91 Å². The molecule has 7 heteroatoms. The average Bonchev–Trinajstić information content (AvgIpc) is 2.83. The lowest BCUT2D eigenvalue weighted by Crippen LogP contribution is -2.47. The van der Waals surface area contributed by atoms with Crippen LogP contribution >= 0.6 is 11.8 Å². The van der Waals surface area contributed by atoms with E-state index in [1.54, 1.807) is 18.9 Å². The maximum Gasteiger partial charge on any atom is 0.252 e. The molecule has 1 fully saturated rings. The van der Waals surface area contributed by atoms with Gasteiger partial charge in [0.25, 0.3) is 5.91 Å². The maximum atomic E-state index is 12.9. The van der Waals surface area contributed by atoms with E-state index in [1.807, 2.05) is 48.7 Å². The number of piperazine rings is 1. The Balaban J connectivity index is 1.52. The molecule has 0 aliphatic carbocycles. The van der Waals surface area contributed by atoms with Crippen molar-refractivity contribution in [3.63, 3.8) is 0 Å². The Morgan fingerprint density at radius 1 is 1.06 bits per heavy atom. The maximum absolute atomic E-state index is 12.9. The molecule has 0 bridgehead atoms. The first kappa shape index (κ1) is 21.3. The Morgan fingerprint density at radius 3 is 2.48 bits per heavy atom. The lowest BCUT2D eigenvalue weighted by atomic mass is 10.1. The van der Waals surface area contributed by atoms with Crippen molar-refractivity contribution in [3.8, 4) is 5.75 Å². The van der Waals surface area contributed by atoms with Crippen LogP contribution in [0.4, 0.5) is 11.5 Å². The second-order valence-electron chi connectivity index (χ2n) is 7.47. The van der Waals surface area contributed by atoms with Gasteiger partial charge in [0, 0.05) is 49.6 Å². The first-order valence-corrected chi connectivity index (χ1v) is 11.9. The third-order valence-electron chi connectivity index (χ3n) is 5.58. The van der Waals surface area contributed by atoms with Gasteiger partial charge in [-0.05, 0) is 42.7 Å². The van der Waals surface area contributed by atoms with Gasteiger partial charge in [0.15, 0.2) is 0 Å². The van der Waals surface area contributed by atoms with E-state index < -0.39 is 0 Å². The molecule has 6 nitrogen and oxygen atoms in total. The van der Waals surface area contributed by atoms with Crippen LogP contribution in [0.1, 0.15) is 10.4 Å². The predicted octanol–water partition coefficient (Wildman–Crippen LogP) is 3.66. The lowest BCUT2D eigenvalue weighted by Gasteiger charge is -2.37. The van der Waals surface area contributed by atoms with Crippen LogP contribution in [0.3, 0.4) is 0 Å². The van der Waals surface area contributed by atoms with Crippen molar-refractivity contribution in [2.24, 2.45) is 0 Å². The van der Waals surface area contributed by atoms with Crippen molar-refractivity contribution in [1.29, 1.82) is 0 Å². The van der Waals surface area contributed by atoms with Crippen molar-refractivity contribution in [1.82, 2.24) is 10.3 Å². The van der Waals surface area contributed by atoms with Gasteiger partial charge in [0.1, 0.15) is 11.6 Å². The highest BCUT2D eigenvalue weighted by Crippen LogP contribution is 2.26. The third-order valence-corrected chi connectivity index (χ3v) is 6.19. The summed E-state index contributed by atoms with van der Waals surface area (Å²) < 4.78 is 5.26. The molecule has 0 atom stereocenters. The minimum Gasteiger partial charge on any atom is -0.497 e. The highest BCUT2D eigenvalue weighted by molar-refractivity contribution is 7.98. The molecule has 1 N–H and O–H groups in total. The molecule has 31 heavy (non-hydrogen) atoms. The second kappa shape index (κ2) is 9.92. The van der Waals surface area contributed by atoms with Gasteiger partial charge in [-0.1, -0.05) is 18.2 Å². The zero-order valence-electron chi connectivity index (χ0n) is 18.0. The molecular formula is C24H28N4O2S. The van der Waals surface area contributed by atoms with E-state index in [9.17, 15) is 4.79 Å². The molecule has 0 radical (unpaired) electrons. The molecule has 1 amide bonds. The number of thioether (sulfide) groups is 1. The molecule has 0 saturated carbocycles. The molecule has 1 aromatic heterocycles. The number of carbonyl (C=O) groups excluding carboxylic acids is 1. The van der Waals surface area contributed by atoms with E-state index in [4.69, 9.17) is 9.72 Å². The highest BCUT2D eigenvalue weighted by Gasteiger charge is 2.21. The molecule has 0 spiro atoms. The first-order chi connectivity index (χ1) is 15.2. The van der Waals surface area contributed by atoms with Gasteiger partial charge in [-0.15, -0.1) is 0 Å². The van der Waals surface area contributed by atoms with E-state index in [0.717, 1.165) is 54.4 Å². The highest BCUT2D eigenvalue weighted by atomic mass is 32.2. The molecular weight excluding hydrogens is 408 g/mol. The van der Waals surface area contributed by atoms with Crippen LogP contribution < -0.4 is 19.9 Å². The van der Waals surface area contributed by atoms with Gasteiger partial charge in [-0.2, -0.15) is 11.8 Å². The number of anilines is 2. The minimum absolute atomic E-state index is 0.0363. The number of aromatic nitrogens is 1. The fourth-order valence-corrected chi connectivity index (χ4v) is 4.17.